The lowest BCUT2D eigenvalue weighted by Gasteiger charge is -2.21. The molecule has 6 heteroatoms. The normalized spacial score (nSPS) is 11.6. The third-order valence-corrected chi connectivity index (χ3v) is 4.73. The molecule has 0 bridgehead atoms. The predicted molar refractivity (Wildman–Crippen MR) is 77.1 cm³/mol. The van der Waals surface area contributed by atoms with Crippen molar-refractivity contribution in [3.8, 4) is 0 Å². The summed E-state index contributed by atoms with van der Waals surface area (Å²) < 4.78 is 31.2. The van der Waals surface area contributed by atoms with Crippen molar-refractivity contribution in [2.75, 3.05) is 20.2 Å². The van der Waals surface area contributed by atoms with Crippen LogP contribution in [0.15, 0.2) is 29.2 Å². The quantitative estimate of drug-likeness (QED) is 0.725. The summed E-state index contributed by atoms with van der Waals surface area (Å²) in [4.78, 5) is 11.6. The zero-order chi connectivity index (χ0) is 15.2. The number of esters is 1. The van der Waals surface area contributed by atoms with Gasteiger partial charge in [-0.05, 0) is 31.0 Å². The average molecular weight is 299 g/mol. The van der Waals surface area contributed by atoms with Crippen LogP contribution in [-0.2, 0) is 14.8 Å². The van der Waals surface area contributed by atoms with Gasteiger partial charge < -0.3 is 4.74 Å². The Hall–Kier alpha value is -1.40. The topological polar surface area (TPSA) is 63.7 Å². The fraction of sp³-hybridized carbons (Fsp3) is 0.500. The van der Waals surface area contributed by atoms with Gasteiger partial charge in [-0.15, -0.1) is 0 Å². The fourth-order valence-corrected chi connectivity index (χ4v) is 3.57. The van der Waals surface area contributed by atoms with Crippen LogP contribution in [0.2, 0.25) is 0 Å². The van der Waals surface area contributed by atoms with Crippen LogP contribution in [0.1, 0.15) is 37.0 Å². The summed E-state index contributed by atoms with van der Waals surface area (Å²) in [7, 11) is -2.30. The maximum atomic E-state index is 12.5. The number of nitrogens with zero attached hydrogens (tertiary/aromatic N) is 1. The second kappa shape index (κ2) is 7.40. The Morgan fingerprint density at radius 3 is 2.30 bits per heavy atom. The maximum absolute atomic E-state index is 12.5. The molecule has 0 saturated heterocycles. The van der Waals surface area contributed by atoms with Crippen molar-refractivity contribution in [2.45, 2.75) is 31.6 Å². The number of sulfonamides is 1. The minimum absolute atomic E-state index is 0.127. The van der Waals surface area contributed by atoms with Crippen molar-refractivity contribution < 1.29 is 17.9 Å². The lowest BCUT2D eigenvalue weighted by atomic mass is 10.2. The number of hydrogen-bond acceptors (Lipinski definition) is 4. The minimum atomic E-state index is -3.56. The summed E-state index contributed by atoms with van der Waals surface area (Å²) in [6.45, 7) is 4.81. The zero-order valence-electron chi connectivity index (χ0n) is 12.1. The highest BCUT2D eigenvalue weighted by Gasteiger charge is 2.23. The monoisotopic (exact) mass is 299 g/mol. The largest absolute Gasteiger partial charge is 0.465 e. The molecule has 0 fully saturated rings. The summed E-state index contributed by atoms with van der Waals surface area (Å²) in [5, 5.41) is 0. The smallest absolute Gasteiger partial charge is 0.337 e. The molecule has 0 aliphatic carbocycles. The van der Waals surface area contributed by atoms with E-state index in [0.29, 0.717) is 13.1 Å². The molecule has 0 heterocycles. The molecule has 0 aromatic heterocycles. The van der Waals surface area contributed by atoms with E-state index in [1.807, 2.05) is 13.8 Å². The van der Waals surface area contributed by atoms with E-state index >= 15 is 0 Å². The van der Waals surface area contributed by atoms with Crippen molar-refractivity contribution in [2.24, 2.45) is 0 Å². The van der Waals surface area contributed by atoms with Gasteiger partial charge in [0, 0.05) is 13.1 Å². The first-order valence-corrected chi connectivity index (χ1v) is 8.09. The number of benzene rings is 1. The van der Waals surface area contributed by atoms with Crippen molar-refractivity contribution >= 4 is 16.0 Å². The van der Waals surface area contributed by atoms with E-state index in [-0.39, 0.29) is 10.5 Å². The maximum Gasteiger partial charge on any atom is 0.337 e. The highest BCUT2D eigenvalue weighted by molar-refractivity contribution is 7.89. The number of hydrogen-bond donors (Lipinski definition) is 0. The van der Waals surface area contributed by atoms with Crippen molar-refractivity contribution in [1.82, 2.24) is 4.31 Å². The van der Waals surface area contributed by atoms with Gasteiger partial charge in [0.1, 0.15) is 0 Å². The SMILES string of the molecule is CCCN(CCC)S(=O)(=O)c1cccc(C(=O)OC)c1. The standard InChI is InChI=1S/C14H21NO4S/c1-4-9-15(10-5-2)20(17,18)13-8-6-7-12(11-13)14(16)19-3/h6-8,11H,4-5,9-10H2,1-3H3. The minimum Gasteiger partial charge on any atom is -0.465 e. The van der Waals surface area contributed by atoms with E-state index in [4.69, 9.17) is 0 Å². The molecular formula is C14H21NO4S. The summed E-state index contributed by atoms with van der Waals surface area (Å²) in [6, 6.07) is 5.95. The van der Waals surface area contributed by atoms with Gasteiger partial charge in [-0.25, -0.2) is 13.2 Å². The molecule has 0 aliphatic heterocycles. The lowest BCUT2D eigenvalue weighted by Crippen LogP contribution is -2.32. The molecule has 0 aliphatic rings. The van der Waals surface area contributed by atoms with Gasteiger partial charge in [0.25, 0.3) is 0 Å². The molecule has 0 N–H and O–H groups in total. The highest BCUT2D eigenvalue weighted by atomic mass is 32.2. The predicted octanol–water partition coefficient (Wildman–Crippen LogP) is 2.28. The molecule has 1 aromatic carbocycles. The van der Waals surface area contributed by atoms with Gasteiger partial charge in [0.15, 0.2) is 0 Å². The first-order chi connectivity index (χ1) is 9.47. The summed E-state index contributed by atoms with van der Waals surface area (Å²) in [5.74, 6) is -0.542. The van der Waals surface area contributed by atoms with E-state index in [1.165, 1.54) is 29.6 Å². The second-order valence-corrected chi connectivity index (χ2v) is 6.36. The molecule has 1 aromatic rings. The fourth-order valence-electron chi connectivity index (χ4n) is 1.90. The Labute approximate surface area is 120 Å². The molecule has 112 valence electrons. The van der Waals surface area contributed by atoms with Crippen LogP contribution >= 0.6 is 0 Å². The van der Waals surface area contributed by atoms with Gasteiger partial charge in [-0.2, -0.15) is 4.31 Å². The van der Waals surface area contributed by atoms with Crippen LogP contribution in [0, 0.1) is 0 Å². The lowest BCUT2D eigenvalue weighted by molar-refractivity contribution is 0.0600. The van der Waals surface area contributed by atoms with E-state index < -0.39 is 16.0 Å². The molecular weight excluding hydrogens is 278 g/mol. The number of ether oxygens (including phenoxy) is 1. The number of rotatable bonds is 7. The Morgan fingerprint density at radius 1 is 1.20 bits per heavy atom. The van der Waals surface area contributed by atoms with E-state index in [2.05, 4.69) is 4.74 Å². The number of carbonyl (C=O) groups excluding carboxylic acids is 1. The summed E-state index contributed by atoms with van der Waals surface area (Å²) in [5.41, 5.74) is 0.238. The molecule has 1 rings (SSSR count). The molecule has 0 spiro atoms. The van der Waals surface area contributed by atoms with Crippen LogP contribution < -0.4 is 0 Å². The summed E-state index contributed by atoms with van der Waals surface area (Å²) >= 11 is 0. The molecule has 20 heavy (non-hydrogen) atoms. The van der Waals surface area contributed by atoms with E-state index in [9.17, 15) is 13.2 Å². The van der Waals surface area contributed by atoms with Crippen LogP contribution in [-0.4, -0.2) is 38.9 Å². The molecule has 0 radical (unpaired) electrons. The second-order valence-electron chi connectivity index (χ2n) is 4.42. The third-order valence-electron chi connectivity index (χ3n) is 2.84. The Morgan fingerprint density at radius 2 is 1.80 bits per heavy atom. The van der Waals surface area contributed by atoms with Crippen molar-refractivity contribution in [1.29, 1.82) is 0 Å². The molecule has 0 saturated carbocycles. The first kappa shape index (κ1) is 16.7. The van der Waals surface area contributed by atoms with Crippen molar-refractivity contribution in [3.05, 3.63) is 29.8 Å². The van der Waals surface area contributed by atoms with Gasteiger partial charge in [-0.3, -0.25) is 0 Å². The zero-order valence-corrected chi connectivity index (χ0v) is 12.9. The van der Waals surface area contributed by atoms with Gasteiger partial charge >= 0.3 is 5.97 Å². The van der Waals surface area contributed by atoms with Crippen LogP contribution in [0.25, 0.3) is 0 Å². The number of carbonyl (C=O) groups is 1. The highest BCUT2D eigenvalue weighted by Crippen LogP contribution is 2.18. The third kappa shape index (κ3) is 3.80. The Balaban J connectivity index is 3.16. The summed E-state index contributed by atoms with van der Waals surface area (Å²) in [6.07, 6.45) is 1.49. The molecule has 0 unspecified atom stereocenters. The van der Waals surface area contributed by atoms with Crippen LogP contribution in [0.3, 0.4) is 0 Å². The van der Waals surface area contributed by atoms with Gasteiger partial charge in [-0.1, -0.05) is 19.9 Å². The number of methoxy groups -OCH3 is 1. The van der Waals surface area contributed by atoms with Gasteiger partial charge in [0.05, 0.1) is 17.6 Å². The van der Waals surface area contributed by atoms with E-state index in [0.717, 1.165) is 12.8 Å². The average Bonchev–Trinajstić information content (AvgIpc) is 2.46. The van der Waals surface area contributed by atoms with E-state index in [1.54, 1.807) is 6.07 Å². The Bertz CT molecular complexity index is 548. The molecule has 0 atom stereocenters. The Kier molecular flexibility index (Phi) is 6.16. The molecule has 0 amide bonds. The molecule has 5 nitrogen and oxygen atoms in total. The van der Waals surface area contributed by atoms with Crippen LogP contribution in [0.5, 0.6) is 0 Å². The van der Waals surface area contributed by atoms with Gasteiger partial charge in [0.2, 0.25) is 10.0 Å². The van der Waals surface area contributed by atoms with Crippen LogP contribution in [0.4, 0.5) is 0 Å². The first-order valence-electron chi connectivity index (χ1n) is 6.65. The van der Waals surface area contributed by atoms with Crippen molar-refractivity contribution in [3.63, 3.8) is 0 Å².